The van der Waals surface area contributed by atoms with Gasteiger partial charge in [0.05, 0.1) is 26.4 Å². The van der Waals surface area contributed by atoms with Crippen LogP contribution < -0.4 is 14.5 Å². The first-order valence-corrected chi connectivity index (χ1v) is 11.1. The molecule has 0 unspecified atom stereocenters. The Morgan fingerprint density at radius 3 is 2.75 bits per heavy atom. The van der Waals surface area contributed by atoms with Crippen molar-refractivity contribution in [3.8, 4) is 5.88 Å². The molecule has 2 aliphatic heterocycles. The van der Waals surface area contributed by atoms with Crippen LogP contribution in [0, 0.1) is 5.92 Å². The van der Waals surface area contributed by atoms with Crippen LogP contribution in [-0.2, 0) is 4.74 Å². The van der Waals surface area contributed by atoms with Gasteiger partial charge in [-0.05, 0) is 47.9 Å². The van der Waals surface area contributed by atoms with Crippen molar-refractivity contribution in [2.24, 2.45) is 5.92 Å². The minimum atomic E-state index is -0.592. The summed E-state index contributed by atoms with van der Waals surface area (Å²) in [5, 5.41) is 24.7. The highest BCUT2D eigenvalue weighted by atomic mass is 16.5. The quantitative estimate of drug-likeness (QED) is 0.646. The van der Waals surface area contributed by atoms with E-state index in [1.165, 1.54) is 0 Å². The predicted molar refractivity (Wildman–Crippen MR) is 121 cm³/mol. The smallest absolute Gasteiger partial charge is 0.212 e. The second-order valence-electron chi connectivity index (χ2n) is 8.34. The van der Waals surface area contributed by atoms with Crippen LogP contribution in [-0.4, -0.2) is 72.0 Å². The van der Waals surface area contributed by atoms with Crippen molar-refractivity contribution in [3.63, 3.8) is 0 Å². The largest absolute Gasteiger partial charge is 0.481 e. The summed E-state index contributed by atoms with van der Waals surface area (Å²) in [4.78, 5) is 8.77. The number of pyridine rings is 1. The third-order valence-corrected chi connectivity index (χ3v) is 6.40. The molecule has 9 heteroatoms. The van der Waals surface area contributed by atoms with Crippen LogP contribution in [0.15, 0.2) is 36.5 Å². The molecule has 168 valence electrons. The zero-order valence-electron chi connectivity index (χ0n) is 18.2. The number of morpholine rings is 1. The van der Waals surface area contributed by atoms with Gasteiger partial charge in [-0.25, -0.2) is 4.98 Å². The summed E-state index contributed by atoms with van der Waals surface area (Å²) in [5.41, 5.74) is 2.77. The van der Waals surface area contributed by atoms with E-state index in [1.54, 1.807) is 19.4 Å². The van der Waals surface area contributed by atoms with Crippen molar-refractivity contribution in [1.29, 1.82) is 0 Å². The van der Waals surface area contributed by atoms with Gasteiger partial charge in [-0.3, -0.25) is 0 Å². The maximum absolute atomic E-state index is 11.0. The Morgan fingerprint density at radius 2 is 1.97 bits per heavy atom. The summed E-state index contributed by atoms with van der Waals surface area (Å²) in [5.74, 6) is 1.45. The molecule has 0 radical (unpaired) electrons. The van der Waals surface area contributed by atoms with Gasteiger partial charge >= 0.3 is 0 Å². The molecule has 0 bridgehead atoms. The number of benzene rings is 1. The fraction of sp³-hybridized carbons (Fsp3) is 0.478. The highest BCUT2D eigenvalue weighted by Gasteiger charge is 2.29. The van der Waals surface area contributed by atoms with E-state index < -0.39 is 6.10 Å². The van der Waals surface area contributed by atoms with Gasteiger partial charge in [-0.15, -0.1) is 10.2 Å². The number of methoxy groups -OCH3 is 1. The van der Waals surface area contributed by atoms with Crippen molar-refractivity contribution in [2.45, 2.75) is 18.9 Å². The van der Waals surface area contributed by atoms with Crippen LogP contribution in [0.4, 0.5) is 11.5 Å². The lowest BCUT2D eigenvalue weighted by molar-refractivity contribution is 0.0976. The van der Waals surface area contributed by atoms with Crippen LogP contribution in [0.2, 0.25) is 0 Å². The number of ether oxygens (including phenoxy) is 2. The maximum Gasteiger partial charge on any atom is 0.212 e. The van der Waals surface area contributed by atoms with E-state index >= 15 is 0 Å². The average Bonchev–Trinajstić information content (AvgIpc) is 2.88. The maximum atomic E-state index is 11.0. The number of fused-ring (bicyclic) bond motifs is 1. The Morgan fingerprint density at radius 1 is 1.09 bits per heavy atom. The van der Waals surface area contributed by atoms with E-state index in [-0.39, 0.29) is 5.92 Å². The number of hydrogen-bond acceptors (Lipinski definition) is 9. The van der Waals surface area contributed by atoms with E-state index in [4.69, 9.17) is 9.47 Å². The van der Waals surface area contributed by atoms with Gasteiger partial charge in [0.15, 0.2) is 5.82 Å². The van der Waals surface area contributed by atoms with Crippen LogP contribution in [0.3, 0.4) is 0 Å². The molecular weight excluding hydrogens is 408 g/mol. The van der Waals surface area contributed by atoms with Crippen molar-refractivity contribution < 1.29 is 14.6 Å². The number of hydrogen-bond donors (Lipinski definition) is 1. The molecule has 2 aromatic heterocycles. The first-order chi connectivity index (χ1) is 15.7. The number of rotatable bonds is 5. The second kappa shape index (κ2) is 9.22. The van der Waals surface area contributed by atoms with Crippen molar-refractivity contribution in [1.82, 2.24) is 20.4 Å². The van der Waals surface area contributed by atoms with E-state index in [9.17, 15) is 5.11 Å². The van der Waals surface area contributed by atoms with E-state index in [2.05, 4.69) is 48.4 Å². The topological polar surface area (TPSA) is 96.7 Å². The third kappa shape index (κ3) is 4.18. The van der Waals surface area contributed by atoms with Crippen LogP contribution in [0.5, 0.6) is 5.88 Å². The summed E-state index contributed by atoms with van der Waals surface area (Å²) in [6.07, 6.45) is 3.02. The third-order valence-electron chi connectivity index (χ3n) is 6.40. The second-order valence-corrected chi connectivity index (χ2v) is 8.34. The molecular formula is C23H28N6O3. The monoisotopic (exact) mass is 436 g/mol. The number of aromatic nitrogens is 4. The summed E-state index contributed by atoms with van der Waals surface area (Å²) in [6.45, 7) is 4.82. The Bertz CT molecular complexity index is 1060. The Labute approximate surface area is 187 Å². The predicted octanol–water partition coefficient (Wildman–Crippen LogP) is 2.21. The molecule has 1 N–H and O–H groups in total. The average molecular weight is 437 g/mol. The van der Waals surface area contributed by atoms with Crippen LogP contribution >= 0.6 is 0 Å². The lowest BCUT2D eigenvalue weighted by Crippen LogP contribution is -2.38. The van der Waals surface area contributed by atoms with Gasteiger partial charge in [0, 0.05) is 55.4 Å². The SMILES string of the molecule is COc1ccc([C@H](O)[C@H]2CCCN(c3nnnc4cc(N5CCOCC5)ccc34)C2)cn1. The number of piperidine rings is 1. The van der Waals surface area contributed by atoms with Crippen molar-refractivity contribution in [3.05, 3.63) is 42.1 Å². The molecule has 3 aromatic rings. The minimum Gasteiger partial charge on any atom is -0.481 e. The fourth-order valence-electron chi connectivity index (χ4n) is 4.63. The van der Waals surface area contributed by atoms with Crippen LogP contribution in [0.1, 0.15) is 24.5 Å². The van der Waals surface area contributed by atoms with Gasteiger partial charge in [-0.1, -0.05) is 0 Å². The summed E-state index contributed by atoms with van der Waals surface area (Å²) >= 11 is 0. The van der Waals surface area contributed by atoms with Gasteiger partial charge in [0.1, 0.15) is 5.52 Å². The normalized spacial score (nSPS) is 20.4. The molecule has 0 saturated carbocycles. The molecule has 32 heavy (non-hydrogen) atoms. The van der Waals surface area contributed by atoms with E-state index in [0.29, 0.717) is 12.4 Å². The molecule has 0 aliphatic carbocycles. The molecule has 5 rings (SSSR count). The number of aliphatic hydroxyl groups excluding tert-OH is 1. The number of anilines is 2. The van der Waals surface area contributed by atoms with E-state index in [1.807, 2.05) is 6.07 Å². The minimum absolute atomic E-state index is 0.0802. The van der Waals surface area contributed by atoms with Gasteiger partial charge < -0.3 is 24.4 Å². The molecule has 2 fully saturated rings. The summed E-state index contributed by atoms with van der Waals surface area (Å²) in [7, 11) is 1.58. The molecule has 0 amide bonds. The highest BCUT2D eigenvalue weighted by molar-refractivity contribution is 5.91. The number of nitrogens with zero attached hydrogens (tertiary/aromatic N) is 6. The lowest BCUT2D eigenvalue weighted by Gasteiger charge is -2.36. The van der Waals surface area contributed by atoms with Gasteiger partial charge in [0.25, 0.3) is 0 Å². The van der Waals surface area contributed by atoms with Crippen molar-refractivity contribution >= 4 is 22.4 Å². The van der Waals surface area contributed by atoms with Gasteiger partial charge in [0.2, 0.25) is 5.88 Å². The molecule has 1 aromatic carbocycles. The Balaban J connectivity index is 1.36. The molecule has 2 atom stereocenters. The zero-order valence-corrected chi connectivity index (χ0v) is 18.2. The Hall–Kier alpha value is -3.04. The first kappa shape index (κ1) is 20.8. The van der Waals surface area contributed by atoms with Gasteiger partial charge in [-0.2, -0.15) is 0 Å². The number of aliphatic hydroxyl groups is 1. The lowest BCUT2D eigenvalue weighted by atomic mass is 9.89. The van der Waals surface area contributed by atoms with E-state index in [0.717, 1.165) is 73.7 Å². The molecule has 4 heterocycles. The molecule has 2 aliphatic rings. The fourth-order valence-corrected chi connectivity index (χ4v) is 4.63. The molecule has 9 nitrogen and oxygen atoms in total. The molecule has 0 spiro atoms. The van der Waals surface area contributed by atoms with Crippen molar-refractivity contribution in [2.75, 3.05) is 56.3 Å². The highest BCUT2D eigenvalue weighted by Crippen LogP contribution is 2.34. The van der Waals surface area contributed by atoms with Crippen LogP contribution in [0.25, 0.3) is 10.9 Å². The molecule has 2 saturated heterocycles. The zero-order chi connectivity index (χ0) is 21.9. The Kier molecular flexibility index (Phi) is 6.00. The first-order valence-electron chi connectivity index (χ1n) is 11.1. The summed E-state index contributed by atoms with van der Waals surface area (Å²) in [6, 6.07) is 9.96. The standard InChI is InChI=1S/C23H28N6O3/c1-31-21-7-4-16(14-24-21)22(30)17-3-2-8-29(15-17)23-19-6-5-18(13-20(19)25-27-26-23)28-9-11-32-12-10-28/h4-7,13-14,17,22,30H,2-3,8-12,15H2,1H3/t17-,22-/m0/s1. The summed E-state index contributed by atoms with van der Waals surface area (Å²) < 4.78 is 10.6.